The Morgan fingerprint density at radius 1 is 0.324 bits per heavy atom. The highest BCUT2D eigenvalue weighted by atomic mass is 16.5. The summed E-state index contributed by atoms with van der Waals surface area (Å²) in [4.78, 5) is 154. The maximum atomic E-state index is 15.1. The van der Waals surface area contributed by atoms with Gasteiger partial charge in [-0.3, -0.25) is 47.9 Å². The summed E-state index contributed by atoms with van der Waals surface area (Å²) in [7, 11) is 6.61. The molecule has 4 N–H and O–H groups in total. The normalized spacial score (nSPS) is 25.4. The van der Waals surface area contributed by atoms with Crippen LogP contribution in [0, 0.1) is 23.7 Å². The Bertz CT molecular complexity index is 4760. The van der Waals surface area contributed by atoms with Crippen LogP contribution in [0.4, 0.5) is 0 Å². The van der Waals surface area contributed by atoms with Crippen molar-refractivity contribution in [2.45, 2.75) is 151 Å². The van der Waals surface area contributed by atoms with E-state index in [9.17, 15) is 28.8 Å². The van der Waals surface area contributed by atoms with E-state index >= 15 is 19.2 Å². The second kappa shape index (κ2) is 31.1. The van der Waals surface area contributed by atoms with Crippen LogP contribution >= 0.6 is 0 Å². The van der Waals surface area contributed by atoms with Crippen LogP contribution in [0.15, 0.2) is 170 Å². The molecule has 20 nitrogen and oxygen atoms in total. The molecule has 12 atom stereocenters. The Morgan fingerprint density at radius 2 is 0.602 bits per heavy atom. The zero-order valence-electron chi connectivity index (χ0n) is 61.5. The fraction of sp³-hybridized carbons (Fsp3) is 0.386. The summed E-state index contributed by atoms with van der Waals surface area (Å²) in [6, 6.07) is 48.8. The summed E-state index contributed by atoms with van der Waals surface area (Å²) < 4.78 is 12.1. The predicted octanol–water partition coefficient (Wildman–Crippen LogP) is 10.3. The quantitative estimate of drug-likeness (QED) is 0.0659. The number of nitrogens with one attached hydrogen (secondary N) is 4. The number of nitrogens with zero attached hydrogens (tertiary/aromatic N) is 4. The maximum Gasteiger partial charge on any atom is 0.310 e. The van der Waals surface area contributed by atoms with E-state index < -0.39 is 121 Å². The van der Waals surface area contributed by atoms with E-state index in [2.05, 4.69) is 69.8 Å². The van der Waals surface area contributed by atoms with Crippen molar-refractivity contribution in [2.75, 3.05) is 41.4 Å². The third-order valence-corrected chi connectivity index (χ3v) is 24.4. The zero-order valence-corrected chi connectivity index (χ0v) is 61.5. The van der Waals surface area contributed by atoms with Crippen molar-refractivity contribution in [3.8, 4) is 0 Å². The number of esters is 2. The standard InChI is InChI=1S/C88H92N8O12/c1-93-65-35-31-63(45-65)83(101)91-73(49-107-75(97)47-59-27-25-57-23-21-53-17-11-19-55-33-39-69(59)79(57)77(53)55)87(105)96(4)68-38-30-62(44-68)82(100)90-72(42-52-15-9-6-10-16-52)86(104)94(2)66-36-32-64(46-66)84(102)92-74(50-108-76(98)48-60-28-26-58-24-22-54-18-12-20-56-34-40-70(60)80(58)78(54)56)88(106)95(3)67-37-29-61(43-67)81(99)89-71(85(93)103)41-51-13-7-5-8-14-51/h5-28,33-34,39-40,61-68,71-74H,29-32,35-38,41-50H2,1-4H3,(H,89,99)(H,90,100)(H,91,101)(H,92,102)/t61-,62+,63-,64+,65-,66-,67-,68-,71+,72-,73-,74+/m0/s1. The minimum Gasteiger partial charge on any atom is -0.463 e. The summed E-state index contributed by atoms with van der Waals surface area (Å²) in [5, 5.41) is 24.7. The van der Waals surface area contributed by atoms with E-state index in [1.54, 1.807) is 38.0 Å². The number of likely N-dealkylation sites (N-methyl/N-ethyl adjacent to an activating group) is 4. The van der Waals surface area contributed by atoms with Crippen LogP contribution in [0.25, 0.3) is 64.6 Å². The lowest BCUT2D eigenvalue weighted by molar-refractivity contribution is -0.149. The highest BCUT2D eigenvalue weighted by Gasteiger charge is 2.44. The van der Waals surface area contributed by atoms with Gasteiger partial charge in [0.05, 0.1) is 12.8 Å². The number of rotatable bonds is 12. The Hall–Kier alpha value is -11.0. The molecule has 4 aliphatic carbocycles. The summed E-state index contributed by atoms with van der Waals surface area (Å²) in [6.07, 6.45) is 4.28. The smallest absolute Gasteiger partial charge is 0.310 e. The van der Waals surface area contributed by atoms with E-state index in [1.165, 1.54) is 9.80 Å². The van der Waals surface area contributed by atoms with Crippen LogP contribution in [0.1, 0.15) is 99.3 Å². The summed E-state index contributed by atoms with van der Waals surface area (Å²) in [5.41, 5.74) is 3.11. The van der Waals surface area contributed by atoms with Crippen LogP contribution in [0.5, 0.6) is 0 Å². The summed E-state index contributed by atoms with van der Waals surface area (Å²) >= 11 is 0. The van der Waals surface area contributed by atoms with Crippen molar-refractivity contribution in [1.29, 1.82) is 0 Å². The molecule has 0 spiro atoms. The second-order valence-corrected chi connectivity index (χ2v) is 31.0. The molecule has 20 heteroatoms. The minimum atomic E-state index is -1.33. The molecule has 8 amide bonds. The fourth-order valence-electron chi connectivity index (χ4n) is 18.2. The van der Waals surface area contributed by atoms with Crippen molar-refractivity contribution >= 4 is 124 Å². The molecule has 1 aliphatic heterocycles. The van der Waals surface area contributed by atoms with Crippen LogP contribution < -0.4 is 21.3 Å². The molecule has 5 aliphatic rings. The fourth-order valence-corrected chi connectivity index (χ4v) is 18.2. The maximum absolute atomic E-state index is 15.1. The monoisotopic (exact) mass is 1450 g/mol. The number of hydrogen-bond acceptors (Lipinski definition) is 12. The number of benzene rings is 10. The lowest BCUT2D eigenvalue weighted by Crippen LogP contribution is -2.54. The number of carbonyl (C=O) groups excluding carboxylic acids is 10. The largest absolute Gasteiger partial charge is 0.463 e. The van der Waals surface area contributed by atoms with Crippen molar-refractivity contribution < 1.29 is 57.4 Å². The topological polar surface area (TPSA) is 250 Å². The van der Waals surface area contributed by atoms with E-state index in [0.717, 1.165) is 86.9 Å². The molecule has 15 rings (SSSR count). The third kappa shape index (κ3) is 14.9. The first-order valence-electron chi connectivity index (χ1n) is 38.3. The molecular weight excluding hydrogens is 1360 g/mol. The minimum absolute atomic E-state index is 0.106. The molecule has 1 saturated heterocycles. The van der Waals surface area contributed by atoms with Crippen molar-refractivity contribution in [2.24, 2.45) is 23.7 Å². The molecule has 10 aromatic rings. The van der Waals surface area contributed by atoms with Gasteiger partial charge in [0.25, 0.3) is 0 Å². The first-order chi connectivity index (χ1) is 52.3. The number of amides is 8. The Morgan fingerprint density at radius 3 is 0.926 bits per heavy atom. The molecule has 0 unspecified atom stereocenters. The van der Waals surface area contributed by atoms with E-state index in [0.29, 0.717) is 51.4 Å². The van der Waals surface area contributed by atoms with E-state index in [-0.39, 0.29) is 75.0 Å². The molecule has 4 saturated carbocycles. The van der Waals surface area contributed by atoms with E-state index in [1.807, 2.05) is 121 Å². The lowest BCUT2D eigenvalue weighted by atomic mass is 9.91. The van der Waals surface area contributed by atoms with Gasteiger partial charge in [0, 0.05) is 88.9 Å². The highest BCUT2D eigenvalue weighted by molar-refractivity contribution is 6.25. The van der Waals surface area contributed by atoms with Crippen molar-refractivity contribution in [3.05, 3.63) is 192 Å². The van der Waals surface area contributed by atoms with Crippen LogP contribution in [0.2, 0.25) is 0 Å². The van der Waals surface area contributed by atoms with E-state index in [4.69, 9.17) is 9.47 Å². The first kappa shape index (κ1) is 72.5. The summed E-state index contributed by atoms with van der Waals surface area (Å²) in [6.45, 7) is -0.959. The van der Waals surface area contributed by atoms with Gasteiger partial charge < -0.3 is 50.3 Å². The number of hydrogen-bond donors (Lipinski definition) is 4. The molecule has 1 heterocycles. The van der Waals surface area contributed by atoms with Crippen LogP contribution in [-0.4, -0.2) is 169 Å². The zero-order chi connectivity index (χ0) is 75.0. The first-order valence-corrected chi connectivity index (χ1v) is 38.3. The molecule has 10 aromatic carbocycles. The van der Waals surface area contributed by atoms with Gasteiger partial charge in [-0.2, -0.15) is 0 Å². The molecule has 556 valence electrons. The van der Waals surface area contributed by atoms with Gasteiger partial charge in [-0.25, -0.2) is 0 Å². The predicted molar refractivity (Wildman–Crippen MR) is 413 cm³/mol. The Labute approximate surface area is 627 Å². The van der Waals surface area contributed by atoms with Gasteiger partial charge >= 0.3 is 11.9 Å². The van der Waals surface area contributed by atoms with Gasteiger partial charge in [-0.1, -0.05) is 170 Å². The molecular formula is C88H92N8O12. The Balaban J connectivity index is 0.687. The molecule has 8 bridgehead atoms. The summed E-state index contributed by atoms with van der Waals surface area (Å²) in [5.74, 6) is -7.10. The Kier molecular flexibility index (Phi) is 20.9. The lowest BCUT2D eigenvalue weighted by Gasteiger charge is -2.31. The number of fused-ring (bicyclic) bond motifs is 8. The molecule has 0 aromatic heterocycles. The van der Waals surface area contributed by atoms with Crippen LogP contribution in [0.3, 0.4) is 0 Å². The SMILES string of the molecule is CN1C(=O)[C@H](COC(=O)Cc2ccc3ccc4cccc5ccc2c3c45)NC(=O)[C@H]2CC[C@@H](C2)N(C)C(=O)[C@@H](Cc2ccccc2)NC(=O)[C@H]2CC[C@@H](C2)N(C)C(=O)[C@@H](COC(=O)Cc2ccc3ccc4cccc5ccc2c3c45)NC(=O)[C@@H]2CC[C@@H](C2)N(C)C(=O)[C@H](Cc2ccccc2)NC(=O)[C@@H]2CC[C@H]1C2. The van der Waals surface area contributed by atoms with Gasteiger partial charge in [0.15, 0.2) is 0 Å². The van der Waals surface area contributed by atoms with Gasteiger partial charge in [0.2, 0.25) is 47.3 Å². The molecule has 108 heavy (non-hydrogen) atoms. The molecule has 0 radical (unpaired) electrons. The average Bonchev–Trinajstić information content (AvgIpc) is 1.58. The molecule has 5 fully saturated rings. The van der Waals surface area contributed by atoms with Crippen molar-refractivity contribution in [3.63, 3.8) is 0 Å². The average molecular weight is 1450 g/mol. The van der Waals surface area contributed by atoms with Gasteiger partial charge in [-0.15, -0.1) is 0 Å². The second-order valence-electron chi connectivity index (χ2n) is 31.0. The van der Waals surface area contributed by atoms with Gasteiger partial charge in [-0.05, 0) is 164 Å². The third-order valence-electron chi connectivity index (χ3n) is 24.4. The highest BCUT2D eigenvalue weighted by Crippen LogP contribution is 2.40. The number of carbonyl (C=O) groups is 10. The number of ether oxygens (including phenoxy) is 2. The van der Waals surface area contributed by atoms with Crippen molar-refractivity contribution in [1.82, 2.24) is 40.9 Å². The van der Waals surface area contributed by atoms with Gasteiger partial charge in [0.1, 0.15) is 37.4 Å². The van der Waals surface area contributed by atoms with Crippen LogP contribution in [-0.2, 0) is 83.1 Å².